The minimum Gasteiger partial charge on any atom is -0.497 e. The summed E-state index contributed by atoms with van der Waals surface area (Å²) in [6, 6.07) is 4.95. The number of nitrogens with one attached hydrogen (secondary N) is 1. The van der Waals surface area contributed by atoms with Crippen LogP contribution in [-0.4, -0.2) is 25.9 Å². The zero-order valence-electron chi connectivity index (χ0n) is 10.1. The lowest BCUT2D eigenvalue weighted by molar-refractivity contribution is -0.142. The minimum atomic E-state index is -0.670. The Morgan fingerprint density at radius 2 is 1.72 bits per heavy atom. The highest BCUT2D eigenvalue weighted by Crippen LogP contribution is 2.23. The Morgan fingerprint density at radius 1 is 1.22 bits per heavy atom. The summed E-state index contributed by atoms with van der Waals surface area (Å²) in [5.74, 6) is 5.14. The second-order valence-corrected chi connectivity index (χ2v) is 3.25. The van der Waals surface area contributed by atoms with Crippen molar-refractivity contribution < 1.29 is 19.1 Å². The van der Waals surface area contributed by atoms with Crippen LogP contribution in [0.1, 0.15) is 12.0 Å². The van der Waals surface area contributed by atoms with Crippen LogP contribution in [0, 0.1) is 5.41 Å². The Bertz CT molecular complexity index is 415. The molecule has 0 bridgehead atoms. The zero-order valence-corrected chi connectivity index (χ0v) is 10.9. The lowest BCUT2D eigenvalue weighted by atomic mass is 10.1. The molecule has 6 nitrogen and oxygen atoms in total. The molecule has 0 heterocycles. The molecular formula is C11H15ClN2O4. The molecule has 0 aliphatic heterocycles. The molecule has 0 saturated carbocycles. The highest BCUT2D eigenvalue weighted by molar-refractivity contribution is 6.07. The van der Waals surface area contributed by atoms with Crippen LogP contribution in [0.4, 0.5) is 0 Å². The molecule has 0 amide bonds. The molecule has 7 heteroatoms. The molecule has 0 aromatic heterocycles. The van der Waals surface area contributed by atoms with Crippen molar-refractivity contribution in [3.63, 3.8) is 0 Å². The number of hydrogen-bond acceptors (Lipinski definition) is 6. The summed E-state index contributed by atoms with van der Waals surface area (Å²) in [6.07, 6.45) is -0.202. The lowest BCUT2D eigenvalue weighted by Gasteiger charge is -2.08. The molecule has 1 rings (SSSR count). The van der Waals surface area contributed by atoms with E-state index in [1.165, 1.54) is 14.2 Å². The van der Waals surface area contributed by atoms with E-state index in [1.54, 1.807) is 18.2 Å². The summed E-state index contributed by atoms with van der Waals surface area (Å²) in [7, 11) is 3.02. The van der Waals surface area contributed by atoms with Crippen molar-refractivity contribution >= 4 is 24.1 Å². The monoisotopic (exact) mass is 274 g/mol. The van der Waals surface area contributed by atoms with Gasteiger partial charge in [0.15, 0.2) is 0 Å². The summed E-state index contributed by atoms with van der Waals surface area (Å²) in [5.41, 5.74) is 0.601. The van der Waals surface area contributed by atoms with Crippen molar-refractivity contribution in [2.45, 2.75) is 6.42 Å². The van der Waals surface area contributed by atoms with Gasteiger partial charge >= 0.3 is 5.97 Å². The Morgan fingerprint density at radius 3 is 2.11 bits per heavy atom. The van der Waals surface area contributed by atoms with Gasteiger partial charge in [-0.1, -0.05) is 0 Å². The van der Waals surface area contributed by atoms with E-state index in [9.17, 15) is 4.79 Å². The molecule has 18 heavy (non-hydrogen) atoms. The first-order chi connectivity index (χ1) is 8.10. The molecule has 1 aromatic carbocycles. The van der Waals surface area contributed by atoms with E-state index < -0.39 is 5.97 Å². The summed E-state index contributed by atoms with van der Waals surface area (Å²) < 4.78 is 10.1. The van der Waals surface area contributed by atoms with Gasteiger partial charge in [-0.15, -0.1) is 12.4 Å². The molecule has 0 atom stereocenters. The van der Waals surface area contributed by atoms with Gasteiger partial charge in [0.25, 0.3) is 0 Å². The second-order valence-electron chi connectivity index (χ2n) is 3.25. The number of rotatable bonds is 5. The molecule has 3 N–H and O–H groups in total. The van der Waals surface area contributed by atoms with E-state index in [0.717, 1.165) is 0 Å². The van der Waals surface area contributed by atoms with E-state index in [0.29, 0.717) is 17.1 Å². The normalized spacial score (nSPS) is 9.06. The average Bonchev–Trinajstić information content (AvgIpc) is 2.37. The molecule has 1 aromatic rings. The van der Waals surface area contributed by atoms with Crippen LogP contribution in [0.15, 0.2) is 18.2 Å². The molecule has 0 fully saturated rings. The summed E-state index contributed by atoms with van der Waals surface area (Å²) in [6.45, 7) is 0. The standard InChI is InChI=1S/C11H14N2O4.ClH/c1-15-8-3-7(4-9(5-8)16-2)10(12)6-11(14)17-13;/h3-5,12H,6,13H2,1-2H3;1H. The molecule has 0 radical (unpaired) electrons. The van der Waals surface area contributed by atoms with Crippen molar-refractivity contribution in [3.05, 3.63) is 23.8 Å². The zero-order chi connectivity index (χ0) is 12.8. The first-order valence-electron chi connectivity index (χ1n) is 4.81. The van der Waals surface area contributed by atoms with Crippen LogP contribution in [0.3, 0.4) is 0 Å². The molecule has 100 valence electrons. The largest absolute Gasteiger partial charge is 0.497 e. The van der Waals surface area contributed by atoms with Gasteiger partial charge in [0.05, 0.1) is 26.4 Å². The van der Waals surface area contributed by atoms with Crippen molar-refractivity contribution in [1.29, 1.82) is 5.41 Å². The van der Waals surface area contributed by atoms with Gasteiger partial charge in [-0.25, -0.2) is 4.79 Å². The van der Waals surface area contributed by atoms with Gasteiger partial charge in [0.1, 0.15) is 11.5 Å². The van der Waals surface area contributed by atoms with E-state index >= 15 is 0 Å². The maximum atomic E-state index is 11.0. The smallest absolute Gasteiger partial charge is 0.330 e. The number of hydrogen-bond donors (Lipinski definition) is 2. The van der Waals surface area contributed by atoms with Crippen LogP contribution in [0.2, 0.25) is 0 Å². The van der Waals surface area contributed by atoms with Gasteiger partial charge in [0.2, 0.25) is 0 Å². The predicted molar refractivity (Wildman–Crippen MR) is 68.5 cm³/mol. The molecule has 0 unspecified atom stereocenters. The van der Waals surface area contributed by atoms with Crippen molar-refractivity contribution in [3.8, 4) is 11.5 Å². The van der Waals surface area contributed by atoms with Crippen molar-refractivity contribution in [2.75, 3.05) is 14.2 Å². The van der Waals surface area contributed by atoms with Crippen LogP contribution < -0.4 is 15.4 Å². The number of carbonyl (C=O) groups excluding carboxylic acids is 1. The van der Waals surface area contributed by atoms with Crippen LogP contribution in [0.5, 0.6) is 11.5 Å². The number of carbonyl (C=O) groups is 1. The molecule has 0 aliphatic rings. The molecular weight excluding hydrogens is 260 g/mol. The van der Waals surface area contributed by atoms with Crippen LogP contribution in [0.25, 0.3) is 0 Å². The fourth-order valence-electron chi connectivity index (χ4n) is 1.27. The van der Waals surface area contributed by atoms with Gasteiger partial charge in [-0.2, -0.15) is 5.90 Å². The quantitative estimate of drug-likeness (QED) is 0.623. The minimum absolute atomic E-state index is 0. The Balaban J connectivity index is 0.00000289. The van der Waals surface area contributed by atoms with E-state index in [4.69, 9.17) is 20.8 Å². The van der Waals surface area contributed by atoms with Gasteiger partial charge in [-0.3, -0.25) is 0 Å². The molecule has 0 spiro atoms. The fraction of sp³-hybridized carbons (Fsp3) is 0.273. The van der Waals surface area contributed by atoms with Crippen LogP contribution in [-0.2, 0) is 9.63 Å². The number of benzene rings is 1. The van der Waals surface area contributed by atoms with Gasteiger partial charge in [0, 0.05) is 11.6 Å². The SMILES string of the molecule is COc1cc(OC)cc(C(=N)CC(=O)ON)c1.Cl. The third kappa shape index (κ3) is 4.23. The number of halogens is 1. The first-order valence-corrected chi connectivity index (χ1v) is 4.81. The van der Waals surface area contributed by atoms with Crippen molar-refractivity contribution in [1.82, 2.24) is 0 Å². The highest BCUT2D eigenvalue weighted by atomic mass is 35.5. The van der Waals surface area contributed by atoms with E-state index in [-0.39, 0.29) is 24.5 Å². The highest BCUT2D eigenvalue weighted by Gasteiger charge is 2.11. The molecule has 0 aliphatic carbocycles. The van der Waals surface area contributed by atoms with Gasteiger partial charge < -0.3 is 19.7 Å². The first kappa shape index (κ1) is 16.2. The summed E-state index contributed by atoms with van der Waals surface area (Å²) in [4.78, 5) is 15.0. The number of nitrogens with two attached hydrogens (primary N) is 1. The number of methoxy groups -OCH3 is 2. The molecule has 0 saturated heterocycles. The lowest BCUT2D eigenvalue weighted by Crippen LogP contribution is -2.15. The predicted octanol–water partition coefficient (Wildman–Crippen LogP) is 1.30. The fourth-order valence-corrected chi connectivity index (χ4v) is 1.27. The number of ether oxygens (including phenoxy) is 2. The van der Waals surface area contributed by atoms with Crippen molar-refractivity contribution in [2.24, 2.45) is 5.90 Å². The second kappa shape index (κ2) is 7.52. The third-order valence-electron chi connectivity index (χ3n) is 2.15. The van der Waals surface area contributed by atoms with Gasteiger partial charge in [-0.05, 0) is 12.1 Å². The Kier molecular flexibility index (Phi) is 6.77. The maximum absolute atomic E-state index is 11.0. The summed E-state index contributed by atoms with van der Waals surface area (Å²) >= 11 is 0. The maximum Gasteiger partial charge on any atom is 0.330 e. The van der Waals surface area contributed by atoms with E-state index in [1.807, 2.05) is 0 Å². The topological polar surface area (TPSA) is 94.6 Å². The third-order valence-corrected chi connectivity index (χ3v) is 2.15. The average molecular weight is 275 g/mol. The Labute approximate surface area is 111 Å². The van der Waals surface area contributed by atoms with E-state index in [2.05, 4.69) is 4.84 Å². The summed E-state index contributed by atoms with van der Waals surface area (Å²) in [5, 5.41) is 7.74. The van der Waals surface area contributed by atoms with Crippen LogP contribution >= 0.6 is 12.4 Å². The Hall–Kier alpha value is -1.79.